The quantitative estimate of drug-likeness (QED) is 0.0279. The van der Waals surface area contributed by atoms with Gasteiger partial charge in [0, 0.05) is 6.42 Å². The molecule has 1 amide bonds. The van der Waals surface area contributed by atoms with Gasteiger partial charge in [-0.15, -0.1) is 0 Å². The van der Waals surface area contributed by atoms with E-state index in [9.17, 15) is 19.4 Å². The maximum Gasteiger partial charge on any atom is 0.268 e. The van der Waals surface area contributed by atoms with Crippen molar-refractivity contribution >= 4 is 13.7 Å². The Bertz CT molecular complexity index is 1180. The molecule has 0 spiro atoms. The Morgan fingerprint density at radius 3 is 1.66 bits per heavy atom. The second-order valence-corrected chi connectivity index (χ2v) is 17.1. The number of phosphoric acid groups is 1. The molecule has 0 aromatic rings. The predicted octanol–water partition coefficient (Wildman–Crippen LogP) is 11.6. The minimum Gasteiger partial charge on any atom is -0.756 e. The number of quaternary nitrogens is 1. The third-order valence-corrected chi connectivity index (χ3v) is 10.0. The van der Waals surface area contributed by atoms with E-state index < -0.39 is 26.6 Å². The molecule has 0 aromatic carbocycles. The van der Waals surface area contributed by atoms with Crippen LogP contribution in [0.1, 0.15) is 155 Å². The van der Waals surface area contributed by atoms with E-state index in [0.29, 0.717) is 17.4 Å². The molecule has 0 saturated carbocycles. The Balaban J connectivity index is 4.59. The molecule has 0 fully saturated rings. The Labute approximate surface area is 344 Å². The number of aliphatic hydroxyl groups is 1. The molecule has 0 bridgehead atoms. The number of carbonyl (C=O) groups excluding carboxylic acids is 1. The third kappa shape index (κ3) is 39.9. The largest absolute Gasteiger partial charge is 0.756 e. The van der Waals surface area contributed by atoms with Crippen LogP contribution in [-0.2, 0) is 18.4 Å². The van der Waals surface area contributed by atoms with Crippen molar-refractivity contribution in [3.63, 3.8) is 0 Å². The van der Waals surface area contributed by atoms with Crippen LogP contribution in [0.5, 0.6) is 0 Å². The van der Waals surface area contributed by atoms with Crippen molar-refractivity contribution in [2.24, 2.45) is 0 Å². The van der Waals surface area contributed by atoms with E-state index in [4.69, 9.17) is 9.05 Å². The van der Waals surface area contributed by atoms with Crippen molar-refractivity contribution in [3.8, 4) is 0 Å². The van der Waals surface area contributed by atoms with Gasteiger partial charge in [0.05, 0.1) is 39.9 Å². The first kappa shape index (κ1) is 53.7. The van der Waals surface area contributed by atoms with Gasteiger partial charge in [0.2, 0.25) is 5.91 Å². The molecule has 9 heteroatoms. The van der Waals surface area contributed by atoms with Crippen LogP contribution in [-0.4, -0.2) is 68.5 Å². The molecule has 0 radical (unpaired) electrons. The second-order valence-electron chi connectivity index (χ2n) is 15.6. The van der Waals surface area contributed by atoms with Crippen LogP contribution in [0.3, 0.4) is 0 Å². The average molecular weight is 803 g/mol. The highest BCUT2D eigenvalue weighted by Gasteiger charge is 2.23. The van der Waals surface area contributed by atoms with Gasteiger partial charge in [-0.25, -0.2) is 0 Å². The van der Waals surface area contributed by atoms with Gasteiger partial charge in [-0.1, -0.05) is 150 Å². The first-order valence-corrected chi connectivity index (χ1v) is 23.4. The van der Waals surface area contributed by atoms with E-state index in [1.807, 2.05) is 27.2 Å². The lowest BCUT2D eigenvalue weighted by atomic mass is 10.1. The summed E-state index contributed by atoms with van der Waals surface area (Å²) in [4.78, 5) is 25.3. The molecule has 56 heavy (non-hydrogen) atoms. The van der Waals surface area contributed by atoms with Crippen LogP contribution in [0.2, 0.25) is 0 Å². The summed E-state index contributed by atoms with van der Waals surface area (Å²) in [7, 11) is 1.20. The van der Waals surface area contributed by atoms with Crippen molar-refractivity contribution in [2.75, 3.05) is 40.9 Å². The van der Waals surface area contributed by atoms with Gasteiger partial charge < -0.3 is 28.8 Å². The summed E-state index contributed by atoms with van der Waals surface area (Å²) in [5, 5.41) is 13.7. The highest BCUT2D eigenvalue weighted by Crippen LogP contribution is 2.38. The highest BCUT2D eigenvalue weighted by molar-refractivity contribution is 7.45. The SMILES string of the molecule is CC/C=C\C/C=C\C/C=C\C/C=C\CCCCCCC(=O)NC(COP(=O)([O-])OCC[N+](C)(C)C)C(O)/C=C/CC/C=C/CC/C=C/CCCCCCCCC. The number of amides is 1. The second kappa shape index (κ2) is 38.2. The van der Waals surface area contributed by atoms with E-state index in [0.717, 1.165) is 83.5 Å². The van der Waals surface area contributed by atoms with Crippen molar-refractivity contribution in [1.29, 1.82) is 0 Å². The Hall–Kier alpha value is -2.32. The molecular weight excluding hydrogens is 719 g/mol. The number of hydrogen-bond donors (Lipinski definition) is 2. The number of hydrogen-bond acceptors (Lipinski definition) is 6. The maximum atomic E-state index is 12.8. The Kier molecular flexibility index (Phi) is 36.6. The average Bonchev–Trinajstić information content (AvgIpc) is 3.15. The summed E-state index contributed by atoms with van der Waals surface area (Å²) in [6.07, 6.45) is 52.0. The molecule has 8 nitrogen and oxygen atoms in total. The zero-order valence-electron chi connectivity index (χ0n) is 36.3. The van der Waals surface area contributed by atoms with Crippen LogP contribution < -0.4 is 10.2 Å². The molecule has 0 aliphatic carbocycles. The smallest absolute Gasteiger partial charge is 0.268 e. The molecule has 0 aromatic heterocycles. The first-order chi connectivity index (χ1) is 27.0. The van der Waals surface area contributed by atoms with Gasteiger partial charge in [-0.05, 0) is 83.5 Å². The van der Waals surface area contributed by atoms with Gasteiger partial charge in [0.15, 0.2) is 0 Å². The minimum absolute atomic E-state index is 0.0187. The summed E-state index contributed by atoms with van der Waals surface area (Å²) in [6.45, 7) is 4.45. The number of nitrogens with zero attached hydrogens (tertiary/aromatic N) is 1. The van der Waals surface area contributed by atoms with Crippen molar-refractivity contribution in [3.05, 3.63) is 85.1 Å². The fourth-order valence-electron chi connectivity index (χ4n) is 5.58. The lowest BCUT2D eigenvalue weighted by molar-refractivity contribution is -0.870. The van der Waals surface area contributed by atoms with Gasteiger partial charge in [-0.2, -0.15) is 0 Å². The number of phosphoric ester groups is 1. The van der Waals surface area contributed by atoms with Gasteiger partial charge in [-0.3, -0.25) is 9.36 Å². The lowest BCUT2D eigenvalue weighted by Crippen LogP contribution is -2.45. The van der Waals surface area contributed by atoms with Crippen molar-refractivity contribution < 1.29 is 32.9 Å². The molecular formula is C47H83N2O6P. The van der Waals surface area contributed by atoms with Gasteiger partial charge in [0.25, 0.3) is 7.82 Å². The zero-order chi connectivity index (χ0) is 41.4. The van der Waals surface area contributed by atoms with Crippen molar-refractivity contribution in [2.45, 2.75) is 167 Å². The summed E-state index contributed by atoms with van der Waals surface area (Å²) in [5.74, 6) is -0.240. The Morgan fingerprint density at radius 2 is 1.11 bits per heavy atom. The van der Waals surface area contributed by atoms with Crippen LogP contribution >= 0.6 is 7.82 Å². The maximum absolute atomic E-state index is 12.8. The lowest BCUT2D eigenvalue weighted by Gasteiger charge is -2.29. The minimum atomic E-state index is -4.61. The summed E-state index contributed by atoms with van der Waals surface area (Å²) in [5.41, 5.74) is 0. The molecule has 3 atom stereocenters. The monoisotopic (exact) mass is 803 g/mol. The molecule has 0 saturated heterocycles. The normalized spacial score (nSPS) is 15.2. The standard InChI is InChI=1S/C47H83N2O6P/c1-6-8-10-12-14-16-18-20-22-24-26-28-30-32-34-36-38-40-46(50)45(44-55-56(52,53)54-43-42-49(3,4)5)48-47(51)41-39-37-35-33-31-29-27-25-23-21-19-17-15-13-11-9-7-2/h9,11,15,17,21-24,27,29-30,32,38,40,45-46,50H,6-8,10,12-14,16,18-20,25-26,28,31,33-37,39,41-44H2,1-5H3,(H-,48,51,52,53)/b11-9-,17-15-,23-21-,24-22+,29-27-,32-30+,40-38+. The Morgan fingerprint density at radius 1 is 0.643 bits per heavy atom. The molecule has 3 unspecified atom stereocenters. The van der Waals surface area contributed by atoms with E-state index in [-0.39, 0.29) is 12.5 Å². The fraction of sp³-hybridized carbons (Fsp3) is 0.681. The number of nitrogens with one attached hydrogen (secondary N) is 1. The topological polar surface area (TPSA) is 108 Å². The first-order valence-electron chi connectivity index (χ1n) is 21.9. The van der Waals surface area contributed by atoms with Crippen molar-refractivity contribution in [1.82, 2.24) is 5.32 Å². The number of rotatable bonds is 38. The number of aliphatic hydroxyl groups excluding tert-OH is 1. The van der Waals surface area contributed by atoms with E-state index in [1.54, 1.807) is 6.08 Å². The van der Waals surface area contributed by atoms with Gasteiger partial charge >= 0.3 is 0 Å². The summed E-state index contributed by atoms with van der Waals surface area (Å²) >= 11 is 0. The highest BCUT2D eigenvalue weighted by atomic mass is 31.2. The van der Waals surface area contributed by atoms with Crippen LogP contribution in [0, 0.1) is 0 Å². The zero-order valence-corrected chi connectivity index (χ0v) is 37.2. The number of carbonyl (C=O) groups is 1. The molecule has 0 aliphatic heterocycles. The number of unbranched alkanes of at least 4 members (excludes halogenated alkanes) is 13. The summed E-state index contributed by atoms with van der Waals surface area (Å²) in [6, 6.07) is -0.926. The predicted molar refractivity (Wildman–Crippen MR) is 237 cm³/mol. The van der Waals surface area contributed by atoms with Crippen LogP contribution in [0.4, 0.5) is 0 Å². The fourth-order valence-corrected chi connectivity index (χ4v) is 6.31. The van der Waals surface area contributed by atoms with Gasteiger partial charge in [0.1, 0.15) is 13.2 Å². The van der Waals surface area contributed by atoms with E-state index in [1.165, 1.54) is 51.4 Å². The third-order valence-electron chi connectivity index (χ3n) is 9.07. The molecule has 0 aliphatic rings. The molecule has 0 rings (SSSR count). The molecule has 2 N–H and O–H groups in total. The van der Waals surface area contributed by atoms with Crippen LogP contribution in [0.15, 0.2) is 85.1 Å². The van der Waals surface area contributed by atoms with E-state index >= 15 is 0 Å². The van der Waals surface area contributed by atoms with E-state index in [2.05, 4.69) is 92.1 Å². The van der Waals surface area contributed by atoms with Crippen LogP contribution in [0.25, 0.3) is 0 Å². The summed E-state index contributed by atoms with van der Waals surface area (Å²) < 4.78 is 23.1. The molecule has 0 heterocycles. The number of likely N-dealkylation sites (N-methyl/N-ethyl adjacent to an activating group) is 1. The number of allylic oxidation sites excluding steroid dienone is 13. The molecule has 322 valence electrons.